The Bertz CT molecular complexity index is 778. The summed E-state index contributed by atoms with van der Waals surface area (Å²) in [5.74, 6) is -0.161. The highest BCUT2D eigenvalue weighted by Gasteiger charge is 2.17. The Kier molecular flexibility index (Phi) is 2.86. The van der Waals surface area contributed by atoms with E-state index in [1.165, 1.54) is 5.56 Å². The van der Waals surface area contributed by atoms with Crippen molar-refractivity contribution in [2.45, 2.75) is 20.4 Å². The van der Waals surface area contributed by atoms with Gasteiger partial charge in [-0.1, -0.05) is 29.8 Å². The van der Waals surface area contributed by atoms with Crippen LogP contribution in [0.25, 0.3) is 11.1 Å². The number of carboxylic acid groups (broad SMARTS) is 1. The van der Waals surface area contributed by atoms with Crippen molar-refractivity contribution >= 4 is 17.1 Å². The fourth-order valence-corrected chi connectivity index (χ4v) is 2.39. The van der Waals surface area contributed by atoms with Crippen molar-refractivity contribution < 1.29 is 14.3 Å². The predicted octanol–water partition coefficient (Wildman–Crippen LogP) is 3.60. The van der Waals surface area contributed by atoms with Crippen LogP contribution in [0.15, 0.2) is 40.8 Å². The maximum atomic E-state index is 11.4. The first-order chi connectivity index (χ1) is 9.54. The van der Waals surface area contributed by atoms with Crippen LogP contribution in [0.4, 0.5) is 0 Å². The van der Waals surface area contributed by atoms with Crippen molar-refractivity contribution in [3.05, 3.63) is 59.0 Å². The van der Waals surface area contributed by atoms with E-state index in [1.807, 2.05) is 44.2 Å². The van der Waals surface area contributed by atoms with Gasteiger partial charge in [-0.05, 0) is 19.4 Å². The fraction of sp³-hybridized carbons (Fsp3) is 0.188. The van der Waals surface area contributed by atoms with Gasteiger partial charge in [0.05, 0.1) is 5.52 Å². The normalized spacial score (nSPS) is 11.1. The van der Waals surface area contributed by atoms with E-state index in [-0.39, 0.29) is 5.69 Å². The Hall–Kier alpha value is -2.49. The standard InChI is InChI=1S/C16H15NO3/c1-10-3-5-12(6-4-10)9-17-13-7-11(2)20-15(13)8-14(17)16(18)19/h3-8H,9H2,1-2H3,(H,18,19). The molecule has 0 bridgehead atoms. The second-order valence-electron chi connectivity index (χ2n) is 5.01. The van der Waals surface area contributed by atoms with Crippen molar-refractivity contribution in [2.75, 3.05) is 0 Å². The van der Waals surface area contributed by atoms with E-state index < -0.39 is 5.97 Å². The molecule has 0 atom stereocenters. The van der Waals surface area contributed by atoms with E-state index in [0.717, 1.165) is 16.8 Å². The van der Waals surface area contributed by atoms with Gasteiger partial charge in [0, 0.05) is 18.7 Å². The second kappa shape index (κ2) is 4.56. The molecule has 0 amide bonds. The summed E-state index contributed by atoms with van der Waals surface area (Å²) < 4.78 is 7.29. The Labute approximate surface area is 116 Å². The molecule has 1 aromatic carbocycles. The molecule has 3 aromatic rings. The first kappa shape index (κ1) is 12.5. The summed E-state index contributed by atoms with van der Waals surface area (Å²) in [6, 6.07) is 11.5. The average molecular weight is 269 g/mol. The average Bonchev–Trinajstić information content (AvgIpc) is 2.90. The van der Waals surface area contributed by atoms with Crippen LogP contribution in [0.1, 0.15) is 27.4 Å². The Morgan fingerprint density at radius 2 is 1.90 bits per heavy atom. The van der Waals surface area contributed by atoms with Gasteiger partial charge in [0.1, 0.15) is 11.5 Å². The number of carboxylic acids is 1. The summed E-state index contributed by atoms with van der Waals surface area (Å²) in [6.07, 6.45) is 0. The van der Waals surface area contributed by atoms with Gasteiger partial charge in [-0.25, -0.2) is 4.79 Å². The van der Waals surface area contributed by atoms with Gasteiger partial charge >= 0.3 is 5.97 Å². The van der Waals surface area contributed by atoms with Gasteiger partial charge in [0.15, 0.2) is 5.58 Å². The van der Waals surface area contributed by atoms with Crippen molar-refractivity contribution in [3.8, 4) is 0 Å². The lowest BCUT2D eigenvalue weighted by Crippen LogP contribution is -2.09. The minimum Gasteiger partial charge on any atom is -0.477 e. The van der Waals surface area contributed by atoms with Crippen molar-refractivity contribution in [3.63, 3.8) is 0 Å². The molecular formula is C16H15NO3. The fourth-order valence-electron chi connectivity index (χ4n) is 2.39. The smallest absolute Gasteiger partial charge is 0.352 e. The topological polar surface area (TPSA) is 55.4 Å². The van der Waals surface area contributed by atoms with Gasteiger partial charge in [0.25, 0.3) is 0 Å². The van der Waals surface area contributed by atoms with Crippen LogP contribution in [0.5, 0.6) is 0 Å². The summed E-state index contributed by atoms with van der Waals surface area (Å²) in [5, 5.41) is 9.31. The lowest BCUT2D eigenvalue weighted by Gasteiger charge is -2.07. The minimum atomic E-state index is -0.943. The Morgan fingerprint density at radius 1 is 1.20 bits per heavy atom. The highest BCUT2D eigenvalue weighted by Crippen LogP contribution is 2.25. The largest absolute Gasteiger partial charge is 0.477 e. The Morgan fingerprint density at radius 3 is 2.55 bits per heavy atom. The molecule has 2 aromatic heterocycles. The number of aromatic nitrogens is 1. The molecule has 4 heteroatoms. The SMILES string of the molecule is Cc1ccc(Cn2c(C(=O)O)cc3oc(C)cc32)cc1. The highest BCUT2D eigenvalue weighted by atomic mass is 16.4. The number of fused-ring (bicyclic) bond motifs is 1. The number of aryl methyl sites for hydroxylation is 2. The van der Waals surface area contributed by atoms with Gasteiger partial charge in [0.2, 0.25) is 0 Å². The molecule has 0 spiro atoms. The molecule has 1 N–H and O–H groups in total. The lowest BCUT2D eigenvalue weighted by atomic mass is 10.1. The summed E-state index contributed by atoms with van der Waals surface area (Å²) in [7, 11) is 0. The van der Waals surface area contributed by atoms with E-state index in [9.17, 15) is 9.90 Å². The third-order valence-electron chi connectivity index (χ3n) is 3.39. The summed E-state index contributed by atoms with van der Waals surface area (Å²) in [4.78, 5) is 11.4. The zero-order chi connectivity index (χ0) is 14.3. The molecule has 0 saturated carbocycles. The van der Waals surface area contributed by atoms with Crippen molar-refractivity contribution in [2.24, 2.45) is 0 Å². The van der Waals surface area contributed by atoms with Crippen LogP contribution < -0.4 is 0 Å². The van der Waals surface area contributed by atoms with Gasteiger partial charge in [-0.3, -0.25) is 0 Å². The number of hydrogen-bond donors (Lipinski definition) is 1. The molecular weight excluding hydrogens is 254 g/mol. The van der Waals surface area contributed by atoms with E-state index in [0.29, 0.717) is 12.1 Å². The van der Waals surface area contributed by atoms with Gasteiger partial charge in [-0.2, -0.15) is 0 Å². The third-order valence-corrected chi connectivity index (χ3v) is 3.39. The van der Waals surface area contributed by atoms with Crippen LogP contribution in [0, 0.1) is 13.8 Å². The predicted molar refractivity (Wildman–Crippen MR) is 76.2 cm³/mol. The minimum absolute atomic E-state index is 0.249. The molecule has 0 aliphatic carbocycles. The number of carbonyl (C=O) groups is 1. The number of nitrogens with zero attached hydrogens (tertiary/aromatic N) is 1. The summed E-state index contributed by atoms with van der Waals surface area (Å²) in [5.41, 5.74) is 3.94. The molecule has 4 nitrogen and oxygen atoms in total. The lowest BCUT2D eigenvalue weighted by molar-refractivity contribution is 0.0686. The Balaban J connectivity index is 2.10. The van der Waals surface area contributed by atoms with Gasteiger partial charge < -0.3 is 14.1 Å². The third kappa shape index (κ3) is 2.09. The monoisotopic (exact) mass is 269 g/mol. The number of furan rings is 1. The molecule has 0 unspecified atom stereocenters. The maximum absolute atomic E-state index is 11.4. The maximum Gasteiger partial charge on any atom is 0.352 e. The number of benzene rings is 1. The second-order valence-corrected chi connectivity index (χ2v) is 5.01. The first-order valence-electron chi connectivity index (χ1n) is 6.43. The quantitative estimate of drug-likeness (QED) is 0.790. The molecule has 102 valence electrons. The molecule has 2 heterocycles. The van der Waals surface area contributed by atoms with E-state index >= 15 is 0 Å². The van der Waals surface area contributed by atoms with E-state index in [1.54, 1.807) is 10.6 Å². The molecule has 0 radical (unpaired) electrons. The summed E-state index contributed by atoms with van der Waals surface area (Å²) >= 11 is 0. The van der Waals surface area contributed by atoms with Crippen molar-refractivity contribution in [1.29, 1.82) is 0 Å². The summed E-state index contributed by atoms with van der Waals surface area (Å²) in [6.45, 7) is 4.40. The van der Waals surface area contributed by atoms with E-state index in [2.05, 4.69) is 0 Å². The van der Waals surface area contributed by atoms with Crippen molar-refractivity contribution in [1.82, 2.24) is 4.57 Å². The molecule has 20 heavy (non-hydrogen) atoms. The van der Waals surface area contributed by atoms with Crippen LogP contribution >= 0.6 is 0 Å². The van der Waals surface area contributed by atoms with Crippen LogP contribution in [-0.2, 0) is 6.54 Å². The first-order valence-corrected chi connectivity index (χ1v) is 6.43. The molecule has 3 rings (SSSR count). The van der Waals surface area contributed by atoms with Gasteiger partial charge in [-0.15, -0.1) is 0 Å². The zero-order valence-corrected chi connectivity index (χ0v) is 11.4. The highest BCUT2D eigenvalue weighted by molar-refractivity contribution is 5.93. The number of aromatic carboxylic acids is 1. The number of rotatable bonds is 3. The molecule has 0 aliphatic heterocycles. The van der Waals surface area contributed by atoms with Crippen LogP contribution in [0.3, 0.4) is 0 Å². The van der Waals surface area contributed by atoms with E-state index in [4.69, 9.17) is 4.42 Å². The zero-order valence-electron chi connectivity index (χ0n) is 11.4. The van der Waals surface area contributed by atoms with Crippen LogP contribution in [-0.4, -0.2) is 15.6 Å². The molecule has 0 aliphatic rings. The molecule has 0 saturated heterocycles. The number of hydrogen-bond acceptors (Lipinski definition) is 2. The van der Waals surface area contributed by atoms with Crippen LogP contribution in [0.2, 0.25) is 0 Å². The molecule has 0 fully saturated rings.